The van der Waals surface area contributed by atoms with E-state index in [-0.39, 0.29) is 22.7 Å². The molecule has 33 heavy (non-hydrogen) atoms. The van der Waals surface area contributed by atoms with Crippen LogP contribution in [0.1, 0.15) is 55.2 Å². The number of hydrogen-bond donors (Lipinski definition) is 1. The number of nitrogens with one attached hydrogen (secondary N) is 1. The zero-order chi connectivity index (χ0) is 23.5. The molecule has 1 aliphatic heterocycles. The predicted molar refractivity (Wildman–Crippen MR) is 122 cm³/mol. The summed E-state index contributed by atoms with van der Waals surface area (Å²) in [6, 6.07) is 20.4. The van der Waals surface area contributed by atoms with Crippen molar-refractivity contribution < 1.29 is 23.9 Å². The maximum atomic E-state index is 12.9. The summed E-state index contributed by atoms with van der Waals surface area (Å²) >= 11 is 0. The van der Waals surface area contributed by atoms with Gasteiger partial charge >= 0.3 is 5.97 Å². The van der Waals surface area contributed by atoms with Crippen LogP contribution in [0.15, 0.2) is 72.8 Å². The van der Waals surface area contributed by atoms with Crippen LogP contribution in [0.25, 0.3) is 0 Å². The average molecular weight is 442 g/mol. The van der Waals surface area contributed by atoms with Crippen molar-refractivity contribution in [2.24, 2.45) is 0 Å². The summed E-state index contributed by atoms with van der Waals surface area (Å²) in [6.07, 6.45) is 0. The van der Waals surface area contributed by atoms with Gasteiger partial charge < -0.3 is 10.1 Å². The summed E-state index contributed by atoms with van der Waals surface area (Å²) in [7, 11) is 0. The van der Waals surface area contributed by atoms with Crippen LogP contribution in [0.4, 0.5) is 5.69 Å². The zero-order valence-electron chi connectivity index (χ0n) is 18.2. The Balaban J connectivity index is 1.43. The van der Waals surface area contributed by atoms with Crippen LogP contribution in [0.5, 0.6) is 0 Å². The molecule has 0 spiro atoms. The highest BCUT2D eigenvalue weighted by Crippen LogP contribution is 2.31. The largest absolute Gasteiger partial charge is 0.452 e. The molecule has 3 aromatic rings. The van der Waals surface area contributed by atoms with E-state index in [9.17, 15) is 19.2 Å². The number of rotatable bonds is 6. The molecule has 7 heteroatoms. The number of amides is 3. The first-order valence-corrected chi connectivity index (χ1v) is 10.5. The van der Waals surface area contributed by atoms with Gasteiger partial charge in [-0.05, 0) is 49.2 Å². The molecule has 0 aromatic heterocycles. The quantitative estimate of drug-likeness (QED) is 0.463. The molecule has 0 bridgehead atoms. The molecule has 3 amide bonds. The van der Waals surface area contributed by atoms with E-state index in [1.165, 1.54) is 18.2 Å². The molecule has 7 nitrogen and oxygen atoms in total. The topological polar surface area (TPSA) is 92.8 Å². The van der Waals surface area contributed by atoms with Crippen molar-refractivity contribution >= 4 is 29.4 Å². The molecule has 1 unspecified atom stereocenters. The van der Waals surface area contributed by atoms with Gasteiger partial charge in [-0.2, -0.15) is 0 Å². The Bertz CT molecular complexity index is 1250. The maximum absolute atomic E-state index is 12.9. The third-order valence-electron chi connectivity index (χ3n) is 5.49. The Morgan fingerprint density at radius 2 is 1.58 bits per heavy atom. The van der Waals surface area contributed by atoms with E-state index in [0.29, 0.717) is 5.69 Å². The van der Waals surface area contributed by atoms with Crippen molar-refractivity contribution in [3.8, 4) is 0 Å². The molecular formula is C26H22N2O5. The summed E-state index contributed by atoms with van der Waals surface area (Å²) < 4.78 is 5.12. The third kappa shape index (κ3) is 4.39. The van der Waals surface area contributed by atoms with E-state index in [1.54, 1.807) is 12.1 Å². The van der Waals surface area contributed by atoms with Gasteiger partial charge in [0.15, 0.2) is 6.61 Å². The SMILES string of the molecule is Cc1ccccc1N1C(=O)c2ccc(C(=O)OCC(=O)NC(C)c3ccccc3)cc2C1=O. The lowest BCUT2D eigenvalue weighted by molar-refractivity contribution is -0.124. The molecule has 166 valence electrons. The first-order valence-electron chi connectivity index (χ1n) is 10.5. The molecule has 1 heterocycles. The molecule has 3 aromatic carbocycles. The fourth-order valence-corrected chi connectivity index (χ4v) is 3.72. The smallest absolute Gasteiger partial charge is 0.338 e. The number of para-hydroxylation sites is 1. The third-order valence-corrected chi connectivity index (χ3v) is 5.49. The Hall–Kier alpha value is -4.26. The van der Waals surface area contributed by atoms with Gasteiger partial charge in [0.05, 0.1) is 28.4 Å². The van der Waals surface area contributed by atoms with Gasteiger partial charge in [-0.1, -0.05) is 48.5 Å². The van der Waals surface area contributed by atoms with Crippen molar-refractivity contribution in [1.82, 2.24) is 5.32 Å². The molecule has 0 radical (unpaired) electrons. The van der Waals surface area contributed by atoms with Crippen molar-refractivity contribution in [2.75, 3.05) is 11.5 Å². The molecular weight excluding hydrogens is 420 g/mol. The normalized spacial score (nSPS) is 13.5. The Morgan fingerprint density at radius 1 is 0.909 bits per heavy atom. The number of ether oxygens (including phenoxy) is 1. The van der Waals surface area contributed by atoms with Crippen molar-refractivity contribution in [3.63, 3.8) is 0 Å². The molecule has 4 rings (SSSR count). The second-order valence-electron chi connectivity index (χ2n) is 7.77. The summed E-state index contributed by atoms with van der Waals surface area (Å²) in [5.41, 5.74) is 2.64. The number of anilines is 1. The fourth-order valence-electron chi connectivity index (χ4n) is 3.72. The van der Waals surface area contributed by atoms with Crippen LogP contribution in [-0.4, -0.2) is 30.3 Å². The van der Waals surface area contributed by atoms with Gasteiger partial charge in [-0.15, -0.1) is 0 Å². The molecule has 0 saturated heterocycles. The lowest BCUT2D eigenvalue weighted by Gasteiger charge is -2.16. The van der Waals surface area contributed by atoms with Gasteiger partial charge in [0.25, 0.3) is 17.7 Å². The lowest BCUT2D eigenvalue weighted by atomic mass is 10.1. The van der Waals surface area contributed by atoms with Crippen LogP contribution in [0.3, 0.4) is 0 Å². The number of aryl methyl sites for hydroxylation is 1. The minimum Gasteiger partial charge on any atom is -0.452 e. The van der Waals surface area contributed by atoms with E-state index in [0.717, 1.165) is 16.0 Å². The van der Waals surface area contributed by atoms with Crippen LogP contribution >= 0.6 is 0 Å². The van der Waals surface area contributed by atoms with Crippen LogP contribution in [0.2, 0.25) is 0 Å². The first-order chi connectivity index (χ1) is 15.9. The zero-order valence-corrected chi connectivity index (χ0v) is 18.2. The van der Waals surface area contributed by atoms with Gasteiger partial charge in [0.1, 0.15) is 0 Å². The molecule has 1 aliphatic rings. The monoisotopic (exact) mass is 442 g/mol. The summed E-state index contributed by atoms with van der Waals surface area (Å²) in [5, 5.41) is 2.77. The van der Waals surface area contributed by atoms with Crippen LogP contribution in [-0.2, 0) is 9.53 Å². The van der Waals surface area contributed by atoms with Gasteiger partial charge in [0, 0.05) is 0 Å². The van der Waals surface area contributed by atoms with Crippen molar-refractivity contribution in [3.05, 3.63) is 101 Å². The Kier molecular flexibility index (Phi) is 6.04. The molecule has 0 aliphatic carbocycles. The standard InChI is InChI=1S/C26H22N2O5/c1-16-8-6-7-11-22(16)28-24(30)20-13-12-19(14-21(20)25(28)31)26(32)33-15-23(29)27-17(2)18-9-4-3-5-10-18/h3-14,17H,15H2,1-2H3,(H,27,29). The molecule has 0 saturated carbocycles. The van der Waals surface area contributed by atoms with E-state index < -0.39 is 30.3 Å². The fraction of sp³-hybridized carbons (Fsp3) is 0.154. The average Bonchev–Trinajstić information content (AvgIpc) is 3.07. The Morgan fingerprint density at radius 3 is 2.30 bits per heavy atom. The second kappa shape index (κ2) is 9.08. The maximum Gasteiger partial charge on any atom is 0.338 e. The van der Waals surface area contributed by atoms with Crippen molar-refractivity contribution in [1.29, 1.82) is 0 Å². The minimum absolute atomic E-state index is 0.0884. The van der Waals surface area contributed by atoms with E-state index in [1.807, 2.05) is 56.3 Å². The van der Waals surface area contributed by atoms with Gasteiger partial charge in [0.2, 0.25) is 0 Å². The lowest BCUT2D eigenvalue weighted by Crippen LogP contribution is -2.31. The highest BCUT2D eigenvalue weighted by Gasteiger charge is 2.37. The number of imide groups is 1. The van der Waals surface area contributed by atoms with Crippen LogP contribution < -0.4 is 10.2 Å². The summed E-state index contributed by atoms with van der Waals surface area (Å²) in [6.45, 7) is 3.18. The number of nitrogens with zero attached hydrogens (tertiary/aromatic N) is 1. The van der Waals surface area contributed by atoms with Crippen molar-refractivity contribution in [2.45, 2.75) is 19.9 Å². The van der Waals surface area contributed by atoms with Gasteiger partial charge in [-0.25, -0.2) is 9.69 Å². The minimum atomic E-state index is -0.755. The number of esters is 1. The number of benzene rings is 3. The molecule has 0 fully saturated rings. The van der Waals surface area contributed by atoms with E-state index in [2.05, 4.69) is 5.32 Å². The number of carbonyl (C=O) groups excluding carboxylic acids is 4. The Labute approximate surface area is 191 Å². The first kappa shape index (κ1) is 22.0. The number of fused-ring (bicyclic) bond motifs is 1. The second-order valence-corrected chi connectivity index (χ2v) is 7.77. The number of carbonyl (C=O) groups is 4. The molecule has 1 atom stereocenters. The number of hydrogen-bond acceptors (Lipinski definition) is 5. The predicted octanol–water partition coefficient (Wildman–Crippen LogP) is 3.83. The van der Waals surface area contributed by atoms with Gasteiger partial charge in [-0.3, -0.25) is 14.4 Å². The van der Waals surface area contributed by atoms with Crippen LogP contribution in [0, 0.1) is 6.92 Å². The highest BCUT2D eigenvalue weighted by molar-refractivity contribution is 6.34. The summed E-state index contributed by atoms with van der Waals surface area (Å²) in [5.74, 6) is -2.15. The summed E-state index contributed by atoms with van der Waals surface area (Å²) in [4.78, 5) is 51.5. The molecule has 1 N–H and O–H groups in total. The van der Waals surface area contributed by atoms with E-state index >= 15 is 0 Å². The van der Waals surface area contributed by atoms with E-state index in [4.69, 9.17) is 4.74 Å². The highest BCUT2D eigenvalue weighted by atomic mass is 16.5.